The maximum atomic E-state index is 12.5. The molecular weight excluding hydrogens is 412 g/mol. The molecule has 0 saturated carbocycles. The number of rotatable bonds is 6. The standard InChI is InChI=1S/C21H21ClN2O4S/c1-12-8-15(22)5-6-16(12)23-20(26)11-29-10-18(25)14-4-7-19-17(9-14)24(3)21(27)13(2)28-19/h4-9,13H,10-11H2,1-3H3,(H,23,26). The molecule has 1 aliphatic rings. The van der Waals surface area contributed by atoms with Crippen LogP contribution in [0.15, 0.2) is 36.4 Å². The Kier molecular flexibility index (Phi) is 6.49. The van der Waals surface area contributed by atoms with E-state index in [2.05, 4.69) is 5.32 Å². The molecule has 0 aromatic heterocycles. The monoisotopic (exact) mass is 432 g/mol. The molecule has 8 heteroatoms. The first-order chi connectivity index (χ1) is 13.8. The fourth-order valence-electron chi connectivity index (χ4n) is 2.96. The van der Waals surface area contributed by atoms with Crippen LogP contribution < -0.4 is 15.0 Å². The molecule has 152 valence electrons. The lowest BCUT2D eigenvalue weighted by Crippen LogP contribution is -2.42. The molecule has 0 bridgehead atoms. The summed E-state index contributed by atoms with van der Waals surface area (Å²) < 4.78 is 5.57. The van der Waals surface area contributed by atoms with Gasteiger partial charge < -0.3 is 15.0 Å². The topological polar surface area (TPSA) is 75.7 Å². The molecule has 0 radical (unpaired) electrons. The number of benzene rings is 2. The van der Waals surface area contributed by atoms with E-state index in [0.29, 0.717) is 27.7 Å². The number of aryl methyl sites for hydroxylation is 1. The molecule has 1 unspecified atom stereocenters. The van der Waals surface area contributed by atoms with Crippen LogP contribution in [0.5, 0.6) is 5.75 Å². The van der Waals surface area contributed by atoms with Crippen LogP contribution in [0.3, 0.4) is 0 Å². The van der Waals surface area contributed by atoms with Gasteiger partial charge in [-0.25, -0.2) is 0 Å². The number of carbonyl (C=O) groups excluding carboxylic acids is 3. The second-order valence-electron chi connectivity index (χ2n) is 6.76. The first kappa shape index (κ1) is 21.2. The van der Waals surface area contributed by atoms with Crippen molar-refractivity contribution in [2.75, 3.05) is 28.8 Å². The van der Waals surface area contributed by atoms with Gasteiger partial charge in [-0.05, 0) is 55.8 Å². The molecule has 29 heavy (non-hydrogen) atoms. The Balaban J connectivity index is 1.56. The number of nitrogens with one attached hydrogen (secondary N) is 1. The maximum Gasteiger partial charge on any atom is 0.267 e. The summed E-state index contributed by atoms with van der Waals surface area (Å²) in [6.07, 6.45) is -0.549. The summed E-state index contributed by atoms with van der Waals surface area (Å²) in [6, 6.07) is 10.3. The van der Waals surface area contributed by atoms with Gasteiger partial charge in [0.05, 0.1) is 17.2 Å². The highest BCUT2D eigenvalue weighted by Crippen LogP contribution is 2.34. The Morgan fingerprint density at radius 2 is 1.97 bits per heavy atom. The minimum absolute atomic E-state index is 0.118. The quantitative estimate of drug-likeness (QED) is 0.699. The van der Waals surface area contributed by atoms with E-state index in [9.17, 15) is 14.4 Å². The summed E-state index contributed by atoms with van der Waals surface area (Å²) in [6.45, 7) is 3.55. The molecule has 1 N–H and O–H groups in total. The van der Waals surface area contributed by atoms with E-state index in [4.69, 9.17) is 16.3 Å². The normalized spacial score (nSPS) is 15.5. The average Bonchev–Trinajstić information content (AvgIpc) is 2.68. The van der Waals surface area contributed by atoms with E-state index in [1.165, 1.54) is 16.7 Å². The predicted molar refractivity (Wildman–Crippen MR) is 116 cm³/mol. The number of halogens is 1. The van der Waals surface area contributed by atoms with Crippen LogP contribution in [0.1, 0.15) is 22.8 Å². The number of anilines is 2. The molecular formula is C21H21ClN2O4S. The van der Waals surface area contributed by atoms with Gasteiger partial charge in [0.2, 0.25) is 5.91 Å². The van der Waals surface area contributed by atoms with Crippen molar-refractivity contribution in [1.82, 2.24) is 0 Å². The minimum Gasteiger partial charge on any atom is -0.479 e. The number of thioether (sulfide) groups is 1. The van der Waals surface area contributed by atoms with Crippen LogP contribution in [-0.4, -0.2) is 42.3 Å². The zero-order valence-corrected chi connectivity index (χ0v) is 17.9. The van der Waals surface area contributed by atoms with Crippen LogP contribution in [0.2, 0.25) is 5.02 Å². The number of nitrogens with zero attached hydrogens (tertiary/aromatic N) is 1. The summed E-state index contributed by atoms with van der Waals surface area (Å²) in [4.78, 5) is 38.2. The molecule has 0 spiro atoms. The fraction of sp³-hybridized carbons (Fsp3) is 0.286. The minimum atomic E-state index is -0.549. The second kappa shape index (κ2) is 8.88. The van der Waals surface area contributed by atoms with Gasteiger partial charge in [-0.15, -0.1) is 11.8 Å². The van der Waals surface area contributed by atoms with E-state index in [0.717, 1.165) is 5.56 Å². The Morgan fingerprint density at radius 3 is 2.69 bits per heavy atom. The highest BCUT2D eigenvalue weighted by atomic mass is 35.5. The number of hydrogen-bond acceptors (Lipinski definition) is 5. The number of amides is 2. The van der Waals surface area contributed by atoms with Crippen LogP contribution >= 0.6 is 23.4 Å². The van der Waals surface area contributed by atoms with Gasteiger partial charge in [0.15, 0.2) is 11.9 Å². The van der Waals surface area contributed by atoms with Crippen molar-refractivity contribution in [2.24, 2.45) is 0 Å². The van der Waals surface area contributed by atoms with E-state index >= 15 is 0 Å². The van der Waals surface area contributed by atoms with Gasteiger partial charge in [0, 0.05) is 23.3 Å². The van der Waals surface area contributed by atoms with E-state index in [1.807, 2.05) is 6.92 Å². The number of ether oxygens (including phenoxy) is 1. The second-order valence-corrected chi connectivity index (χ2v) is 8.19. The molecule has 0 aliphatic carbocycles. The van der Waals surface area contributed by atoms with Crippen molar-refractivity contribution in [3.8, 4) is 5.75 Å². The summed E-state index contributed by atoms with van der Waals surface area (Å²) in [5.41, 5.74) is 2.61. The lowest BCUT2D eigenvalue weighted by molar-refractivity contribution is -0.125. The summed E-state index contributed by atoms with van der Waals surface area (Å²) >= 11 is 7.15. The lowest BCUT2D eigenvalue weighted by atomic mass is 10.1. The molecule has 2 aromatic carbocycles. The van der Waals surface area contributed by atoms with Gasteiger partial charge in [0.1, 0.15) is 5.75 Å². The molecule has 6 nitrogen and oxygen atoms in total. The zero-order chi connectivity index (χ0) is 21.1. The van der Waals surface area contributed by atoms with Crippen molar-refractivity contribution in [3.05, 3.63) is 52.5 Å². The SMILES string of the molecule is Cc1cc(Cl)ccc1NC(=O)CSCC(=O)c1ccc2c(c1)N(C)C(=O)C(C)O2. The van der Waals surface area contributed by atoms with Crippen LogP contribution in [0, 0.1) is 6.92 Å². The van der Waals surface area contributed by atoms with Crippen LogP contribution in [-0.2, 0) is 9.59 Å². The van der Waals surface area contributed by atoms with Gasteiger partial charge in [-0.1, -0.05) is 11.6 Å². The molecule has 2 amide bonds. The van der Waals surface area contributed by atoms with Crippen molar-refractivity contribution < 1.29 is 19.1 Å². The van der Waals surface area contributed by atoms with Crippen molar-refractivity contribution in [1.29, 1.82) is 0 Å². The summed E-state index contributed by atoms with van der Waals surface area (Å²) in [5, 5.41) is 3.43. The first-order valence-corrected chi connectivity index (χ1v) is 10.5. The van der Waals surface area contributed by atoms with Crippen LogP contribution in [0.4, 0.5) is 11.4 Å². The highest BCUT2D eigenvalue weighted by Gasteiger charge is 2.29. The zero-order valence-electron chi connectivity index (χ0n) is 16.3. The molecule has 0 saturated heterocycles. The van der Waals surface area contributed by atoms with Crippen molar-refractivity contribution in [3.63, 3.8) is 0 Å². The molecule has 0 fully saturated rings. The van der Waals surface area contributed by atoms with Crippen molar-refractivity contribution >= 4 is 52.3 Å². The van der Waals surface area contributed by atoms with E-state index in [1.54, 1.807) is 50.4 Å². The number of carbonyl (C=O) groups is 3. The molecule has 2 aromatic rings. The Bertz CT molecular complexity index is 979. The molecule has 3 rings (SSSR count). The number of Topliss-reactive ketones (excluding diaryl/α,β-unsaturated/α-hetero) is 1. The number of hydrogen-bond donors (Lipinski definition) is 1. The summed E-state index contributed by atoms with van der Waals surface area (Å²) in [5.74, 6) is 0.407. The molecule has 1 aliphatic heterocycles. The Labute approximate surface area is 178 Å². The molecule has 1 heterocycles. The van der Waals surface area contributed by atoms with Gasteiger partial charge in [0.25, 0.3) is 5.91 Å². The Morgan fingerprint density at radius 1 is 1.21 bits per heavy atom. The van der Waals surface area contributed by atoms with E-state index < -0.39 is 6.10 Å². The predicted octanol–water partition coefficient (Wildman–Crippen LogP) is 3.95. The highest BCUT2D eigenvalue weighted by molar-refractivity contribution is 8.00. The smallest absolute Gasteiger partial charge is 0.267 e. The van der Waals surface area contributed by atoms with Crippen LogP contribution in [0.25, 0.3) is 0 Å². The van der Waals surface area contributed by atoms with Crippen molar-refractivity contribution in [2.45, 2.75) is 20.0 Å². The van der Waals surface area contributed by atoms with Gasteiger partial charge in [-0.3, -0.25) is 14.4 Å². The molecule has 1 atom stereocenters. The number of ketones is 1. The lowest BCUT2D eigenvalue weighted by Gasteiger charge is -2.30. The first-order valence-electron chi connectivity index (χ1n) is 9.01. The third-order valence-electron chi connectivity index (χ3n) is 4.55. The van der Waals surface area contributed by atoms with Gasteiger partial charge in [-0.2, -0.15) is 0 Å². The summed E-state index contributed by atoms with van der Waals surface area (Å²) in [7, 11) is 1.66. The third kappa shape index (κ3) is 4.92. The third-order valence-corrected chi connectivity index (χ3v) is 5.72. The van der Waals surface area contributed by atoms with Gasteiger partial charge >= 0.3 is 0 Å². The number of fused-ring (bicyclic) bond motifs is 1. The largest absolute Gasteiger partial charge is 0.479 e. The average molecular weight is 433 g/mol. The maximum absolute atomic E-state index is 12.5. The Hall–Kier alpha value is -2.51. The fourth-order valence-corrected chi connectivity index (χ4v) is 3.90. The number of likely N-dealkylation sites (N-methyl/N-ethyl adjacent to an activating group) is 1. The van der Waals surface area contributed by atoms with E-state index in [-0.39, 0.29) is 29.1 Å².